The van der Waals surface area contributed by atoms with Gasteiger partial charge in [-0.2, -0.15) is 0 Å². The molecule has 0 radical (unpaired) electrons. The van der Waals surface area contributed by atoms with Crippen LogP contribution in [-0.4, -0.2) is 20.9 Å². The van der Waals surface area contributed by atoms with Gasteiger partial charge in [-0.3, -0.25) is 4.79 Å². The number of rotatable bonds is 5. The van der Waals surface area contributed by atoms with Crippen molar-refractivity contribution >= 4 is 21.6 Å². The second-order valence-corrected chi connectivity index (χ2v) is 7.07. The molecule has 0 bridgehead atoms. The molecule has 0 atom stereocenters. The number of hydrogen-bond acceptors (Lipinski definition) is 3. The van der Waals surface area contributed by atoms with Gasteiger partial charge >= 0.3 is 0 Å². The largest absolute Gasteiger partial charge is 0.322 e. The Kier molecular flexibility index (Phi) is 5.18. The Balaban J connectivity index is 2.28. The van der Waals surface area contributed by atoms with Gasteiger partial charge in [0.25, 0.3) is 5.91 Å². The average Bonchev–Trinajstić information content (AvgIpc) is 2.51. The maximum absolute atomic E-state index is 12.4. The summed E-state index contributed by atoms with van der Waals surface area (Å²) in [7, 11) is -3.58. The summed E-state index contributed by atoms with van der Waals surface area (Å²) in [6, 6.07) is 11.8. The molecule has 0 saturated carbocycles. The molecule has 23 heavy (non-hydrogen) atoms. The predicted octanol–water partition coefficient (Wildman–Crippen LogP) is 2.85. The van der Waals surface area contributed by atoms with Crippen molar-refractivity contribution in [3.05, 3.63) is 59.2 Å². The lowest BCUT2D eigenvalue weighted by Gasteiger charge is -2.10. The van der Waals surface area contributed by atoms with Crippen LogP contribution in [0.1, 0.15) is 28.4 Å². The van der Waals surface area contributed by atoms with Crippen molar-refractivity contribution < 1.29 is 13.2 Å². The first-order chi connectivity index (χ1) is 10.8. The quantitative estimate of drug-likeness (QED) is 0.884. The van der Waals surface area contributed by atoms with Gasteiger partial charge < -0.3 is 5.32 Å². The second-order valence-electron chi connectivity index (χ2n) is 5.30. The van der Waals surface area contributed by atoms with Gasteiger partial charge in [0.2, 0.25) is 10.0 Å². The van der Waals surface area contributed by atoms with E-state index in [1.807, 2.05) is 32.0 Å². The fourth-order valence-corrected chi connectivity index (χ4v) is 3.23. The highest BCUT2D eigenvalue weighted by Gasteiger charge is 2.15. The molecule has 0 unspecified atom stereocenters. The number of sulfonamides is 1. The van der Waals surface area contributed by atoms with Gasteiger partial charge in [0.05, 0.1) is 4.90 Å². The standard InChI is InChI=1S/C17H20N2O3S/c1-4-18-23(21,22)15-7-5-6-14(11-15)17(20)19-16-10-12(2)8-9-13(16)3/h5-11,18H,4H2,1-3H3,(H,19,20). The Labute approximate surface area is 136 Å². The zero-order valence-corrected chi connectivity index (χ0v) is 14.2. The minimum absolute atomic E-state index is 0.0768. The summed E-state index contributed by atoms with van der Waals surface area (Å²) in [4.78, 5) is 12.5. The first-order valence-corrected chi connectivity index (χ1v) is 8.80. The average molecular weight is 332 g/mol. The minimum atomic E-state index is -3.58. The summed E-state index contributed by atoms with van der Waals surface area (Å²) >= 11 is 0. The van der Waals surface area contributed by atoms with Crippen LogP contribution >= 0.6 is 0 Å². The molecule has 0 saturated heterocycles. The third-order valence-electron chi connectivity index (χ3n) is 3.38. The van der Waals surface area contributed by atoms with E-state index in [0.717, 1.165) is 16.8 Å². The van der Waals surface area contributed by atoms with Crippen molar-refractivity contribution in [2.45, 2.75) is 25.7 Å². The Morgan fingerprint density at radius 1 is 1.09 bits per heavy atom. The van der Waals surface area contributed by atoms with Crippen LogP contribution in [0.25, 0.3) is 0 Å². The molecule has 2 aromatic rings. The first-order valence-electron chi connectivity index (χ1n) is 7.32. The number of carbonyl (C=O) groups is 1. The van der Waals surface area contributed by atoms with E-state index in [0.29, 0.717) is 12.1 Å². The molecule has 1 amide bonds. The molecule has 0 aliphatic heterocycles. The predicted molar refractivity (Wildman–Crippen MR) is 91.2 cm³/mol. The maximum Gasteiger partial charge on any atom is 0.255 e. The zero-order chi connectivity index (χ0) is 17.0. The van der Waals surface area contributed by atoms with Crippen LogP contribution in [0, 0.1) is 13.8 Å². The monoisotopic (exact) mass is 332 g/mol. The Hall–Kier alpha value is -2.18. The summed E-state index contributed by atoms with van der Waals surface area (Å²) < 4.78 is 26.5. The van der Waals surface area contributed by atoms with Crippen LogP contribution in [0.4, 0.5) is 5.69 Å². The van der Waals surface area contributed by atoms with E-state index >= 15 is 0 Å². The van der Waals surface area contributed by atoms with Gasteiger partial charge in [0.1, 0.15) is 0 Å². The fraction of sp³-hybridized carbons (Fsp3) is 0.235. The number of benzene rings is 2. The molecule has 0 aliphatic carbocycles. The third-order valence-corrected chi connectivity index (χ3v) is 4.93. The lowest BCUT2D eigenvalue weighted by atomic mass is 10.1. The van der Waals surface area contributed by atoms with Crippen LogP contribution in [0.15, 0.2) is 47.4 Å². The molecular formula is C17H20N2O3S. The number of carbonyl (C=O) groups excluding carboxylic acids is 1. The van der Waals surface area contributed by atoms with E-state index in [2.05, 4.69) is 10.0 Å². The Bertz CT molecular complexity index is 829. The second kappa shape index (κ2) is 6.93. The Morgan fingerprint density at radius 2 is 1.83 bits per heavy atom. The molecule has 0 heterocycles. The smallest absolute Gasteiger partial charge is 0.255 e. The van der Waals surface area contributed by atoms with E-state index in [1.165, 1.54) is 12.1 Å². The highest BCUT2D eigenvalue weighted by atomic mass is 32.2. The Morgan fingerprint density at radius 3 is 2.52 bits per heavy atom. The van der Waals surface area contributed by atoms with Gasteiger partial charge in [-0.1, -0.05) is 25.1 Å². The fourth-order valence-electron chi connectivity index (χ4n) is 2.14. The molecule has 2 N–H and O–H groups in total. The van der Waals surface area contributed by atoms with Crippen LogP contribution in [0.5, 0.6) is 0 Å². The van der Waals surface area contributed by atoms with E-state index in [-0.39, 0.29) is 10.8 Å². The highest BCUT2D eigenvalue weighted by Crippen LogP contribution is 2.18. The lowest BCUT2D eigenvalue weighted by molar-refractivity contribution is 0.102. The van der Waals surface area contributed by atoms with E-state index in [9.17, 15) is 13.2 Å². The van der Waals surface area contributed by atoms with E-state index < -0.39 is 10.0 Å². The highest BCUT2D eigenvalue weighted by molar-refractivity contribution is 7.89. The molecule has 2 rings (SSSR count). The number of amides is 1. The molecule has 5 nitrogen and oxygen atoms in total. The number of nitrogens with one attached hydrogen (secondary N) is 2. The van der Waals surface area contributed by atoms with E-state index in [4.69, 9.17) is 0 Å². The van der Waals surface area contributed by atoms with Gasteiger partial charge in [0.15, 0.2) is 0 Å². The molecule has 2 aromatic carbocycles. The summed E-state index contributed by atoms with van der Waals surface area (Å²) in [5, 5.41) is 2.82. The molecular weight excluding hydrogens is 312 g/mol. The van der Waals surface area contributed by atoms with Crippen LogP contribution < -0.4 is 10.0 Å². The zero-order valence-electron chi connectivity index (χ0n) is 13.4. The summed E-state index contributed by atoms with van der Waals surface area (Å²) in [6.45, 7) is 5.84. The van der Waals surface area contributed by atoms with Crippen molar-refractivity contribution in [3.8, 4) is 0 Å². The van der Waals surface area contributed by atoms with Crippen LogP contribution in [0.2, 0.25) is 0 Å². The van der Waals surface area contributed by atoms with Gasteiger partial charge in [-0.05, 0) is 49.2 Å². The van der Waals surface area contributed by atoms with Crippen LogP contribution in [0.3, 0.4) is 0 Å². The topological polar surface area (TPSA) is 75.3 Å². The van der Waals surface area contributed by atoms with E-state index in [1.54, 1.807) is 19.1 Å². The number of aryl methyl sites for hydroxylation is 2. The van der Waals surface area contributed by atoms with Gasteiger partial charge in [-0.15, -0.1) is 0 Å². The molecule has 122 valence electrons. The molecule has 0 fully saturated rings. The van der Waals surface area contributed by atoms with Gasteiger partial charge in [0, 0.05) is 17.8 Å². The molecule has 6 heteroatoms. The molecule has 0 spiro atoms. The third kappa shape index (κ3) is 4.18. The molecule has 0 aliphatic rings. The SMILES string of the molecule is CCNS(=O)(=O)c1cccc(C(=O)Nc2cc(C)ccc2C)c1. The lowest BCUT2D eigenvalue weighted by Crippen LogP contribution is -2.23. The molecule has 0 aromatic heterocycles. The summed E-state index contributed by atoms with van der Waals surface area (Å²) in [6.07, 6.45) is 0. The minimum Gasteiger partial charge on any atom is -0.322 e. The van der Waals surface area contributed by atoms with Crippen LogP contribution in [-0.2, 0) is 10.0 Å². The number of anilines is 1. The van der Waals surface area contributed by atoms with Crippen molar-refractivity contribution in [2.75, 3.05) is 11.9 Å². The normalized spacial score (nSPS) is 11.3. The van der Waals surface area contributed by atoms with Crippen molar-refractivity contribution in [1.29, 1.82) is 0 Å². The summed E-state index contributed by atoms with van der Waals surface area (Å²) in [5.41, 5.74) is 2.99. The first kappa shape index (κ1) is 17.2. The van der Waals surface area contributed by atoms with Crippen molar-refractivity contribution in [3.63, 3.8) is 0 Å². The van der Waals surface area contributed by atoms with Gasteiger partial charge in [-0.25, -0.2) is 13.1 Å². The van der Waals surface area contributed by atoms with Crippen molar-refractivity contribution in [2.24, 2.45) is 0 Å². The summed E-state index contributed by atoms with van der Waals surface area (Å²) in [5.74, 6) is -0.341. The van der Waals surface area contributed by atoms with Crippen molar-refractivity contribution in [1.82, 2.24) is 4.72 Å². The maximum atomic E-state index is 12.4. The number of hydrogen-bond donors (Lipinski definition) is 2.